The van der Waals surface area contributed by atoms with Crippen molar-refractivity contribution in [1.29, 1.82) is 0 Å². The molecule has 2 aliphatic rings. The molecule has 1 saturated heterocycles. The molecule has 0 unspecified atom stereocenters. The van der Waals surface area contributed by atoms with Gasteiger partial charge in [0.1, 0.15) is 5.70 Å². The van der Waals surface area contributed by atoms with Crippen LogP contribution in [0.25, 0.3) is 5.57 Å². The number of nitrogens with zero attached hydrogens (tertiary/aromatic N) is 4. The Labute approximate surface area is 187 Å². The molecular weight excluding hydrogens is 400 g/mol. The van der Waals surface area contributed by atoms with E-state index in [0.29, 0.717) is 24.4 Å². The molecule has 6 heteroatoms. The number of amides is 2. The lowest BCUT2D eigenvalue weighted by atomic mass is 10.0. The first kappa shape index (κ1) is 20.0. The van der Waals surface area contributed by atoms with E-state index in [1.165, 1.54) is 10.6 Å². The molecule has 2 amide bonds. The van der Waals surface area contributed by atoms with E-state index in [0.717, 1.165) is 24.2 Å². The van der Waals surface area contributed by atoms with Crippen LogP contribution in [0, 0.1) is 0 Å². The van der Waals surface area contributed by atoms with Gasteiger partial charge in [0, 0.05) is 44.3 Å². The molecule has 160 valence electrons. The van der Waals surface area contributed by atoms with Crippen LogP contribution < -0.4 is 4.90 Å². The quantitative estimate of drug-likeness (QED) is 0.589. The molecule has 3 aromatic rings. The van der Waals surface area contributed by atoms with E-state index in [2.05, 4.69) is 26.9 Å². The molecule has 0 radical (unpaired) electrons. The lowest BCUT2D eigenvalue weighted by molar-refractivity contribution is -0.138. The van der Waals surface area contributed by atoms with E-state index < -0.39 is 0 Å². The van der Waals surface area contributed by atoms with E-state index in [1.54, 1.807) is 12.4 Å². The number of carbonyl (C=O) groups excluding carboxylic acids is 2. The first-order valence-corrected chi connectivity index (χ1v) is 10.8. The molecule has 5 rings (SSSR count). The van der Waals surface area contributed by atoms with E-state index in [4.69, 9.17) is 0 Å². The van der Waals surface area contributed by atoms with Crippen LogP contribution in [0.15, 0.2) is 90.9 Å². The third kappa shape index (κ3) is 3.75. The van der Waals surface area contributed by atoms with Crippen molar-refractivity contribution in [2.45, 2.75) is 6.54 Å². The van der Waals surface area contributed by atoms with Crippen LogP contribution in [-0.2, 0) is 16.1 Å². The van der Waals surface area contributed by atoms with Crippen molar-refractivity contribution in [3.05, 3.63) is 102 Å². The normalized spacial score (nSPS) is 16.8. The van der Waals surface area contributed by atoms with Gasteiger partial charge in [-0.2, -0.15) is 0 Å². The summed E-state index contributed by atoms with van der Waals surface area (Å²) in [5.41, 5.74) is 3.79. The molecule has 0 atom stereocenters. The molecular formula is C26H24N4O2. The van der Waals surface area contributed by atoms with Gasteiger partial charge in [-0.25, -0.2) is 0 Å². The number of para-hydroxylation sites is 1. The predicted molar refractivity (Wildman–Crippen MR) is 123 cm³/mol. The third-order valence-electron chi connectivity index (χ3n) is 5.99. The van der Waals surface area contributed by atoms with Crippen molar-refractivity contribution < 1.29 is 9.59 Å². The zero-order valence-corrected chi connectivity index (χ0v) is 17.7. The summed E-state index contributed by atoms with van der Waals surface area (Å²) in [5, 5.41) is 0. The molecule has 6 nitrogen and oxygen atoms in total. The number of piperazine rings is 1. The van der Waals surface area contributed by atoms with Gasteiger partial charge in [-0.15, -0.1) is 0 Å². The number of imide groups is 1. The average molecular weight is 425 g/mol. The molecule has 1 aromatic heterocycles. The Morgan fingerprint density at radius 1 is 0.719 bits per heavy atom. The van der Waals surface area contributed by atoms with Crippen molar-refractivity contribution in [1.82, 2.24) is 14.8 Å². The fraction of sp³-hybridized carbons (Fsp3) is 0.192. The molecule has 0 spiro atoms. The Morgan fingerprint density at radius 2 is 1.38 bits per heavy atom. The maximum atomic E-state index is 13.5. The van der Waals surface area contributed by atoms with E-state index in [1.807, 2.05) is 60.7 Å². The maximum absolute atomic E-state index is 13.5. The zero-order valence-electron chi connectivity index (χ0n) is 17.7. The molecule has 0 bridgehead atoms. The number of pyridine rings is 1. The first-order valence-electron chi connectivity index (χ1n) is 10.8. The molecule has 2 aliphatic heterocycles. The standard InChI is InChI=1S/C26H24N4O2/c31-25-23(21-9-3-1-4-10-21)24(26(32)30(25)19-20-8-7-13-27-18-20)29-16-14-28(15-17-29)22-11-5-2-6-12-22/h1-13,18H,14-17,19H2. The number of aromatic nitrogens is 1. The summed E-state index contributed by atoms with van der Waals surface area (Å²) < 4.78 is 0. The number of carbonyl (C=O) groups is 2. The molecule has 32 heavy (non-hydrogen) atoms. The second-order valence-corrected chi connectivity index (χ2v) is 7.96. The molecule has 2 aromatic carbocycles. The Balaban J connectivity index is 1.44. The van der Waals surface area contributed by atoms with Crippen molar-refractivity contribution >= 4 is 23.1 Å². The van der Waals surface area contributed by atoms with E-state index in [-0.39, 0.29) is 18.4 Å². The fourth-order valence-electron chi connectivity index (χ4n) is 4.37. The van der Waals surface area contributed by atoms with Gasteiger partial charge in [0.25, 0.3) is 11.8 Å². The summed E-state index contributed by atoms with van der Waals surface area (Å²) in [4.78, 5) is 36.8. The summed E-state index contributed by atoms with van der Waals surface area (Å²) in [6, 6.07) is 23.5. The Kier molecular flexibility index (Phi) is 5.42. The first-order chi connectivity index (χ1) is 15.7. The van der Waals surface area contributed by atoms with Gasteiger partial charge in [0.2, 0.25) is 0 Å². The number of hydrogen-bond donors (Lipinski definition) is 0. The summed E-state index contributed by atoms with van der Waals surface area (Å²) in [6.07, 6.45) is 3.38. The second-order valence-electron chi connectivity index (χ2n) is 7.96. The molecule has 0 N–H and O–H groups in total. The van der Waals surface area contributed by atoms with Gasteiger partial charge in [0.05, 0.1) is 12.1 Å². The van der Waals surface area contributed by atoms with Gasteiger partial charge in [-0.3, -0.25) is 19.5 Å². The Hall–Kier alpha value is -3.93. The summed E-state index contributed by atoms with van der Waals surface area (Å²) in [6.45, 7) is 3.16. The highest BCUT2D eigenvalue weighted by molar-refractivity contribution is 6.35. The zero-order chi connectivity index (χ0) is 21.9. The van der Waals surface area contributed by atoms with Gasteiger partial charge >= 0.3 is 0 Å². The molecule has 3 heterocycles. The molecule has 0 aliphatic carbocycles. The minimum Gasteiger partial charge on any atom is -0.368 e. The van der Waals surface area contributed by atoms with Gasteiger partial charge in [-0.1, -0.05) is 54.6 Å². The third-order valence-corrected chi connectivity index (χ3v) is 5.99. The number of anilines is 1. The number of benzene rings is 2. The number of hydrogen-bond acceptors (Lipinski definition) is 5. The summed E-state index contributed by atoms with van der Waals surface area (Å²) in [5.74, 6) is -0.476. The fourth-order valence-corrected chi connectivity index (χ4v) is 4.37. The van der Waals surface area contributed by atoms with Crippen LogP contribution in [0.2, 0.25) is 0 Å². The maximum Gasteiger partial charge on any atom is 0.278 e. The average Bonchev–Trinajstić information content (AvgIpc) is 3.10. The second kappa shape index (κ2) is 8.67. The summed E-state index contributed by atoms with van der Waals surface area (Å²) >= 11 is 0. The van der Waals surface area contributed by atoms with Crippen LogP contribution in [-0.4, -0.2) is 52.8 Å². The van der Waals surface area contributed by atoms with Crippen molar-refractivity contribution in [2.75, 3.05) is 31.1 Å². The lowest BCUT2D eigenvalue weighted by Crippen LogP contribution is -2.47. The van der Waals surface area contributed by atoms with Crippen LogP contribution in [0.4, 0.5) is 5.69 Å². The van der Waals surface area contributed by atoms with E-state index >= 15 is 0 Å². The minimum atomic E-state index is -0.245. The highest BCUT2D eigenvalue weighted by Crippen LogP contribution is 2.33. The topological polar surface area (TPSA) is 56.8 Å². The largest absolute Gasteiger partial charge is 0.368 e. The van der Waals surface area contributed by atoms with Gasteiger partial charge in [0.15, 0.2) is 0 Å². The predicted octanol–water partition coefficient (Wildman–Crippen LogP) is 3.18. The highest BCUT2D eigenvalue weighted by atomic mass is 16.2. The van der Waals surface area contributed by atoms with Crippen LogP contribution in [0.5, 0.6) is 0 Å². The van der Waals surface area contributed by atoms with Crippen molar-refractivity contribution in [3.8, 4) is 0 Å². The SMILES string of the molecule is O=C1C(c2ccccc2)=C(N2CCN(c3ccccc3)CC2)C(=O)N1Cc1cccnc1. The van der Waals surface area contributed by atoms with E-state index in [9.17, 15) is 9.59 Å². The number of rotatable bonds is 5. The highest BCUT2D eigenvalue weighted by Gasteiger charge is 2.42. The van der Waals surface area contributed by atoms with Crippen LogP contribution in [0.3, 0.4) is 0 Å². The van der Waals surface area contributed by atoms with Crippen LogP contribution in [0.1, 0.15) is 11.1 Å². The monoisotopic (exact) mass is 424 g/mol. The van der Waals surface area contributed by atoms with Crippen molar-refractivity contribution in [3.63, 3.8) is 0 Å². The lowest BCUT2D eigenvalue weighted by Gasteiger charge is -2.37. The smallest absolute Gasteiger partial charge is 0.278 e. The molecule has 0 saturated carbocycles. The Bertz CT molecular complexity index is 1140. The van der Waals surface area contributed by atoms with Crippen molar-refractivity contribution in [2.24, 2.45) is 0 Å². The van der Waals surface area contributed by atoms with Crippen LogP contribution >= 0.6 is 0 Å². The summed E-state index contributed by atoms with van der Waals surface area (Å²) in [7, 11) is 0. The minimum absolute atomic E-state index is 0.218. The van der Waals surface area contributed by atoms with Gasteiger partial charge < -0.3 is 9.80 Å². The Morgan fingerprint density at radius 3 is 2.03 bits per heavy atom. The molecule has 1 fully saturated rings. The van der Waals surface area contributed by atoms with Gasteiger partial charge in [-0.05, 0) is 29.3 Å².